The van der Waals surface area contributed by atoms with Crippen molar-refractivity contribution in [3.8, 4) is 0 Å². The quantitative estimate of drug-likeness (QED) is 0.665. The van der Waals surface area contributed by atoms with Crippen molar-refractivity contribution in [3.05, 3.63) is 42.0 Å². The molecule has 2 aromatic rings. The minimum atomic E-state index is 0.797. The first kappa shape index (κ1) is 15.2. The molecule has 0 amide bonds. The maximum absolute atomic E-state index is 4.33. The topological polar surface area (TPSA) is 50.4 Å². The lowest BCUT2D eigenvalue weighted by Crippen LogP contribution is -2.40. The van der Waals surface area contributed by atoms with Crippen LogP contribution < -0.4 is 5.32 Å². The Kier molecular flexibility index (Phi) is 5.03. The van der Waals surface area contributed by atoms with E-state index in [2.05, 4.69) is 50.3 Å². The zero-order valence-corrected chi connectivity index (χ0v) is 13.2. The number of hydrogen-bond donors (Lipinski definition) is 1. The number of nitrogens with zero attached hydrogens (tertiary/aromatic N) is 5. The third-order valence-electron chi connectivity index (χ3n) is 3.41. The zero-order valence-electron chi connectivity index (χ0n) is 13.2. The molecule has 6 heteroatoms. The van der Waals surface area contributed by atoms with Gasteiger partial charge in [0.25, 0.3) is 0 Å². The summed E-state index contributed by atoms with van der Waals surface area (Å²) < 4.78 is 4.06. The highest BCUT2D eigenvalue weighted by Crippen LogP contribution is 2.03. The number of aromatic nitrogens is 3. The average molecular weight is 288 g/mol. The number of rotatable bonds is 5. The molecule has 1 N–H and O–H groups in total. The molecule has 0 bridgehead atoms. The van der Waals surface area contributed by atoms with Crippen molar-refractivity contribution in [3.63, 3.8) is 0 Å². The van der Waals surface area contributed by atoms with Crippen LogP contribution in [0.3, 0.4) is 0 Å². The van der Waals surface area contributed by atoms with Crippen molar-refractivity contribution in [1.29, 1.82) is 0 Å². The third-order valence-corrected chi connectivity index (χ3v) is 3.41. The Hall–Kier alpha value is -2.24. The Bertz CT molecular complexity index is 595. The number of nitrogens with one attached hydrogen (secondary N) is 1. The standard InChI is InChI=1S/C15H24N6/c1-13-10-18-21(11-13)9-7-17-15(16-2)20(4)12-14-6-5-8-19(14)3/h5-6,8,10-11H,7,9,12H2,1-4H3,(H,16,17). The van der Waals surface area contributed by atoms with Crippen LogP contribution >= 0.6 is 0 Å². The van der Waals surface area contributed by atoms with E-state index in [1.807, 2.05) is 38.1 Å². The van der Waals surface area contributed by atoms with E-state index in [9.17, 15) is 0 Å². The smallest absolute Gasteiger partial charge is 0.193 e. The highest BCUT2D eigenvalue weighted by Gasteiger charge is 2.07. The highest BCUT2D eigenvalue weighted by atomic mass is 15.3. The van der Waals surface area contributed by atoms with Crippen molar-refractivity contribution in [2.75, 3.05) is 20.6 Å². The van der Waals surface area contributed by atoms with E-state index in [-0.39, 0.29) is 0 Å². The van der Waals surface area contributed by atoms with Gasteiger partial charge in [0.15, 0.2) is 5.96 Å². The maximum atomic E-state index is 4.33. The molecule has 0 radical (unpaired) electrons. The molecular formula is C15H24N6. The number of aryl methyl sites for hydroxylation is 2. The first-order chi connectivity index (χ1) is 10.1. The average Bonchev–Trinajstić information content (AvgIpc) is 3.04. The van der Waals surface area contributed by atoms with Crippen LogP contribution in [0.5, 0.6) is 0 Å². The SMILES string of the molecule is CN=C(NCCn1cc(C)cn1)N(C)Cc1cccn1C. The lowest BCUT2D eigenvalue weighted by molar-refractivity contribution is 0.457. The summed E-state index contributed by atoms with van der Waals surface area (Å²) in [5.41, 5.74) is 2.43. The van der Waals surface area contributed by atoms with E-state index in [1.165, 1.54) is 11.3 Å². The van der Waals surface area contributed by atoms with Crippen LogP contribution in [-0.4, -0.2) is 45.8 Å². The third kappa shape index (κ3) is 4.11. The summed E-state index contributed by atoms with van der Waals surface area (Å²) in [6.07, 6.45) is 5.97. The predicted octanol–water partition coefficient (Wildman–Crippen LogP) is 1.24. The number of guanidine groups is 1. The Morgan fingerprint density at radius 2 is 2.29 bits per heavy atom. The predicted molar refractivity (Wildman–Crippen MR) is 85.2 cm³/mol. The molecule has 2 aromatic heterocycles. The summed E-state index contributed by atoms with van der Waals surface area (Å²) in [5, 5.41) is 7.64. The molecule has 0 aliphatic carbocycles. The van der Waals surface area contributed by atoms with E-state index >= 15 is 0 Å². The summed E-state index contributed by atoms with van der Waals surface area (Å²) in [6, 6.07) is 4.18. The van der Waals surface area contributed by atoms with Crippen molar-refractivity contribution < 1.29 is 0 Å². The summed E-state index contributed by atoms with van der Waals surface area (Å²) >= 11 is 0. The molecule has 0 spiro atoms. The van der Waals surface area contributed by atoms with Crippen LogP contribution in [0.4, 0.5) is 0 Å². The van der Waals surface area contributed by atoms with Crippen LogP contribution in [0, 0.1) is 6.92 Å². The fraction of sp³-hybridized carbons (Fsp3) is 0.467. The van der Waals surface area contributed by atoms with Crippen molar-refractivity contribution in [2.24, 2.45) is 12.0 Å². The molecule has 0 fully saturated rings. The van der Waals surface area contributed by atoms with Gasteiger partial charge in [0.1, 0.15) is 0 Å². The molecule has 0 unspecified atom stereocenters. The molecule has 21 heavy (non-hydrogen) atoms. The van der Waals surface area contributed by atoms with Crippen LogP contribution in [0.25, 0.3) is 0 Å². The molecule has 2 heterocycles. The largest absolute Gasteiger partial charge is 0.354 e. The lowest BCUT2D eigenvalue weighted by Gasteiger charge is -2.22. The van der Waals surface area contributed by atoms with Gasteiger partial charge in [-0.2, -0.15) is 5.10 Å². The van der Waals surface area contributed by atoms with Crippen LogP contribution in [0.2, 0.25) is 0 Å². The molecule has 0 aliphatic heterocycles. The van der Waals surface area contributed by atoms with Gasteiger partial charge in [0, 0.05) is 45.8 Å². The molecule has 6 nitrogen and oxygen atoms in total. The van der Waals surface area contributed by atoms with Crippen molar-refractivity contribution in [1.82, 2.24) is 24.6 Å². The molecule has 0 aliphatic rings. The molecule has 0 atom stereocenters. The molecule has 0 saturated carbocycles. The van der Waals surface area contributed by atoms with Gasteiger partial charge in [-0.1, -0.05) is 0 Å². The molecule has 2 rings (SSSR count). The second-order valence-corrected chi connectivity index (χ2v) is 5.22. The van der Waals surface area contributed by atoms with Crippen molar-refractivity contribution >= 4 is 5.96 Å². The Balaban J connectivity index is 1.83. The summed E-state index contributed by atoms with van der Waals surface area (Å²) in [4.78, 5) is 6.44. The van der Waals surface area contributed by atoms with Gasteiger partial charge in [-0.3, -0.25) is 9.67 Å². The number of hydrogen-bond acceptors (Lipinski definition) is 2. The minimum absolute atomic E-state index is 0.797. The molecule has 114 valence electrons. The molecular weight excluding hydrogens is 264 g/mol. The first-order valence-corrected chi connectivity index (χ1v) is 7.11. The Labute approximate surface area is 126 Å². The van der Waals surface area contributed by atoms with Gasteiger partial charge in [0.05, 0.1) is 19.3 Å². The fourth-order valence-corrected chi connectivity index (χ4v) is 2.23. The van der Waals surface area contributed by atoms with Gasteiger partial charge in [-0.05, 0) is 24.6 Å². The van der Waals surface area contributed by atoms with Gasteiger partial charge in [0.2, 0.25) is 0 Å². The van der Waals surface area contributed by atoms with E-state index in [1.54, 1.807) is 0 Å². The fourth-order valence-electron chi connectivity index (χ4n) is 2.23. The summed E-state index contributed by atoms with van der Waals surface area (Å²) in [5.74, 6) is 0.889. The van der Waals surface area contributed by atoms with Crippen LogP contribution in [0.1, 0.15) is 11.3 Å². The zero-order chi connectivity index (χ0) is 15.2. The minimum Gasteiger partial charge on any atom is -0.354 e. The van der Waals surface area contributed by atoms with Crippen LogP contribution in [0.15, 0.2) is 35.7 Å². The van der Waals surface area contributed by atoms with E-state index in [0.29, 0.717) is 0 Å². The second-order valence-electron chi connectivity index (χ2n) is 5.22. The van der Waals surface area contributed by atoms with E-state index in [4.69, 9.17) is 0 Å². The van der Waals surface area contributed by atoms with Gasteiger partial charge < -0.3 is 14.8 Å². The number of aliphatic imine (C=N–C) groups is 1. The monoisotopic (exact) mass is 288 g/mol. The summed E-state index contributed by atoms with van der Waals surface area (Å²) in [6.45, 7) is 4.49. The normalized spacial score (nSPS) is 11.7. The van der Waals surface area contributed by atoms with E-state index < -0.39 is 0 Å². The second kappa shape index (κ2) is 6.97. The van der Waals surface area contributed by atoms with Gasteiger partial charge >= 0.3 is 0 Å². The van der Waals surface area contributed by atoms with Gasteiger partial charge in [-0.15, -0.1) is 0 Å². The molecule has 0 saturated heterocycles. The van der Waals surface area contributed by atoms with Crippen molar-refractivity contribution in [2.45, 2.75) is 20.0 Å². The van der Waals surface area contributed by atoms with E-state index in [0.717, 1.165) is 25.6 Å². The summed E-state index contributed by atoms with van der Waals surface area (Å²) in [7, 11) is 5.90. The van der Waals surface area contributed by atoms with Crippen LogP contribution in [-0.2, 0) is 20.1 Å². The molecule has 0 aromatic carbocycles. The maximum Gasteiger partial charge on any atom is 0.193 e. The Morgan fingerprint density at radius 3 is 2.86 bits per heavy atom. The Morgan fingerprint density at radius 1 is 1.48 bits per heavy atom. The first-order valence-electron chi connectivity index (χ1n) is 7.11. The van der Waals surface area contributed by atoms with Gasteiger partial charge in [-0.25, -0.2) is 0 Å². The highest BCUT2D eigenvalue weighted by molar-refractivity contribution is 5.79. The lowest BCUT2D eigenvalue weighted by atomic mass is 10.4.